The third-order valence-corrected chi connectivity index (χ3v) is 6.28. The van der Waals surface area contributed by atoms with Crippen molar-refractivity contribution in [1.82, 2.24) is 18.9 Å². The second-order valence-corrected chi connectivity index (χ2v) is 8.96. The summed E-state index contributed by atoms with van der Waals surface area (Å²) in [6.07, 6.45) is -0.988. The highest BCUT2D eigenvalue weighted by Crippen LogP contribution is 2.36. The van der Waals surface area contributed by atoms with Gasteiger partial charge in [0.15, 0.2) is 5.69 Å². The zero-order valence-corrected chi connectivity index (χ0v) is 18.4. The minimum absolute atomic E-state index is 0.148. The lowest BCUT2D eigenvalue weighted by Gasteiger charge is -2.30. The minimum Gasteiger partial charge on any atom is -0.297 e. The minimum atomic E-state index is -4.53. The Morgan fingerprint density at radius 1 is 1.10 bits per heavy atom. The zero-order chi connectivity index (χ0) is 21.8. The topological polar surface area (TPSA) is 25.5 Å². The number of alkyl halides is 3. The second-order valence-electron chi connectivity index (χ2n) is 8.57. The van der Waals surface area contributed by atoms with E-state index in [4.69, 9.17) is 11.6 Å². The average molecular weight is 439 g/mol. The number of likely N-dealkylation sites (tertiary alicyclic amines) is 1. The van der Waals surface area contributed by atoms with E-state index in [-0.39, 0.29) is 18.0 Å². The molecule has 1 aliphatic heterocycles. The Morgan fingerprint density at radius 2 is 1.70 bits per heavy atom. The Morgan fingerprint density at radius 3 is 2.27 bits per heavy atom. The Hall–Kier alpha value is -1.99. The monoisotopic (exact) mass is 438 g/mol. The number of nitrogens with zero attached hydrogens (tertiary/aromatic N) is 4. The number of imidazole rings is 2. The lowest BCUT2D eigenvalue weighted by atomic mass is 9.99. The van der Waals surface area contributed by atoms with Gasteiger partial charge in [0.25, 0.3) is 0 Å². The van der Waals surface area contributed by atoms with Crippen molar-refractivity contribution in [3.63, 3.8) is 0 Å². The van der Waals surface area contributed by atoms with E-state index in [1.54, 1.807) is 10.8 Å². The van der Waals surface area contributed by atoms with E-state index >= 15 is 0 Å². The predicted octanol–water partition coefficient (Wildman–Crippen LogP) is 5.95. The van der Waals surface area contributed by atoms with E-state index in [1.165, 1.54) is 4.40 Å². The maximum Gasteiger partial charge on any atom is 0.435 e. The molecule has 0 unspecified atom stereocenters. The summed E-state index contributed by atoms with van der Waals surface area (Å²) in [6.45, 7) is 9.83. The predicted molar refractivity (Wildman–Crippen MR) is 112 cm³/mol. The summed E-state index contributed by atoms with van der Waals surface area (Å²) in [5.41, 5.74) is 3.07. The fraction of sp³-hybridized carbons (Fsp3) is 0.500. The molecule has 4 nitrogen and oxygen atoms in total. The van der Waals surface area contributed by atoms with E-state index in [0.29, 0.717) is 11.1 Å². The molecular weight excluding hydrogens is 413 g/mol. The summed E-state index contributed by atoms with van der Waals surface area (Å²) in [4.78, 5) is 6.13. The molecule has 0 bridgehead atoms. The van der Waals surface area contributed by atoms with Gasteiger partial charge in [-0.15, -0.1) is 0 Å². The van der Waals surface area contributed by atoms with Gasteiger partial charge >= 0.3 is 6.18 Å². The first-order chi connectivity index (χ1) is 14.1. The summed E-state index contributed by atoms with van der Waals surface area (Å²) in [7, 11) is 0. The van der Waals surface area contributed by atoms with Crippen LogP contribution in [0.4, 0.5) is 13.2 Å². The Labute approximate surface area is 179 Å². The lowest BCUT2D eigenvalue weighted by molar-refractivity contribution is -0.141. The van der Waals surface area contributed by atoms with Crippen LogP contribution in [0.25, 0.3) is 11.5 Å². The molecule has 0 N–H and O–H groups in total. The number of rotatable bonds is 3. The molecule has 0 spiro atoms. The van der Waals surface area contributed by atoms with Crippen LogP contribution in [-0.2, 0) is 12.7 Å². The van der Waals surface area contributed by atoms with Crippen LogP contribution in [0.5, 0.6) is 0 Å². The van der Waals surface area contributed by atoms with Crippen LogP contribution >= 0.6 is 11.6 Å². The fourth-order valence-corrected chi connectivity index (χ4v) is 4.81. The maximum atomic E-state index is 13.9. The van der Waals surface area contributed by atoms with Crippen LogP contribution in [0.15, 0.2) is 18.3 Å². The number of benzene rings is 1. The van der Waals surface area contributed by atoms with Gasteiger partial charge in [-0.2, -0.15) is 13.2 Å². The first kappa shape index (κ1) is 21.2. The quantitative estimate of drug-likeness (QED) is 0.504. The van der Waals surface area contributed by atoms with Gasteiger partial charge in [-0.05, 0) is 63.7 Å². The highest BCUT2D eigenvalue weighted by molar-refractivity contribution is 6.30. The number of piperidine rings is 1. The highest BCUT2D eigenvalue weighted by atomic mass is 35.5. The molecule has 1 saturated heterocycles. The van der Waals surface area contributed by atoms with E-state index in [1.807, 2.05) is 32.9 Å². The van der Waals surface area contributed by atoms with Crippen LogP contribution in [0, 0.1) is 26.7 Å². The zero-order valence-electron chi connectivity index (χ0n) is 17.6. The maximum absolute atomic E-state index is 13.9. The molecule has 1 fully saturated rings. The molecule has 0 atom stereocenters. The van der Waals surface area contributed by atoms with Crippen molar-refractivity contribution in [2.45, 2.75) is 53.3 Å². The normalized spacial score (nSPS) is 16.7. The number of hydrogen-bond donors (Lipinski definition) is 0. The smallest absolute Gasteiger partial charge is 0.297 e. The van der Waals surface area contributed by atoms with Crippen molar-refractivity contribution in [2.75, 3.05) is 13.1 Å². The van der Waals surface area contributed by atoms with Gasteiger partial charge in [-0.3, -0.25) is 13.9 Å². The molecule has 8 heteroatoms. The number of aryl methyl sites for hydroxylation is 3. The van der Waals surface area contributed by atoms with Crippen molar-refractivity contribution >= 4 is 17.4 Å². The van der Waals surface area contributed by atoms with Gasteiger partial charge in [-0.25, -0.2) is 4.98 Å². The third-order valence-electron chi connectivity index (χ3n) is 6.02. The molecule has 4 rings (SSSR count). The van der Waals surface area contributed by atoms with Gasteiger partial charge in [0.2, 0.25) is 5.78 Å². The first-order valence-electron chi connectivity index (χ1n) is 10.2. The lowest BCUT2D eigenvalue weighted by Crippen LogP contribution is -2.33. The average Bonchev–Trinajstić information content (AvgIpc) is 3.13. The largest absolute Gasteiger partial charge is 0.435 e. The molecule has 3 aromatic rings. The SMILES string of the molecule is Cc1cc(C)c(-n2c(Cl)cn3c(CN4CCC(C)CC4)c(C(F)(F)F)nc23)c(C)c1. The molecule has 3 heterocycles. The van der Waals surface area contributed by atoms with Crippen LogP contribution in [0.3, 0.4) is 0 Å². The standard InChI is InChI=1S/C22H26ClF3N4/c1-13-5-7-28(8-6-13)11-17-20(22(24,25)26)27-21-29(17)12-18(23)30(21)19-15(3)9-14(2)10-16(19)4/h9-10,12-13H,5-8,11H2,1-4H3. The number of aromatic nitrogens is 3. The van der Waals surface area contributed by atoms with Crippen LogP contribution in [0.1, 0.15) is 47.8 Å². The molecule has 2 aromatic heterocycles. The molecule has 0 saturated carbocycles. The number of halogens is 4. The number of hydrogen-bond acceptors (Lipinski definition) is 2. The molecule has 0 aliphatic carbocycles. The third kappa shape index (κ3) is 3.73. The van der Waals surface area contributed by atoms with Gasteiger partial charge in [0, 0.05) is 12.7 Å². The summed E-state index contributed by atoms with van der Waals surface area (Å²) in [5.74, 6) is 0.805. The van der Waals surface area contributed by atoms with E-state index in [9.17, 15) is 13.2 Å². The van der Waals surface area contributed by atoms with E-state index < -0.39 is 11.9 Å². The molecular formula is C22H26ClF3N4. The summed E-state index contributed by atoms with van der Waals surface area (Å²) >= 11 is 6.53. The fourth-order valence-electron chi connectivity index (χ4n) is 4.55. The molecule has 162 valence electrons. The second kappa shape index (κ2) is 7.61. The molecule has 1 aromatic carbocycles. The van der Waals surface area contributed by atoms with E-state index in [2.05, 4.69) is 16.8 Å². The summed E-state index contributed by atoms with van der Waals surface area (Å²) in [6, 6.07) is 4.00. The first-order valence-corrected chi connectivity index (χ1v) is 10.6. The Bertz CT molecular complexity index is 1070. The molecule has 1 aliphatic rings. The van der Waals surface area contributed by atoms with Crippen molar-refractivity contribution < 1.29 is 13.2 Å². The van der Waals surface area contributed by atoms with Crippen LogP contribution in [0.2, 0.25) is 5.15 Å². The van der Waals surface area contributed by atoms with Crippen molar-refractivity contribution in [2.24, 2.45) is 5.92 Å². The van der Waals surface area contributed by atoms with Crippen LogP contribution in [-0.4, -0.2) is 31.9 Å². The van der Waals surface area contributed by atoms with Gasteiger partial charge in [-0.1, -0.05) is 36.2 Å². The van der Waals surface area contributed by atoms with Gasteiger partial charge < -0.3 is 0 Å². The Balaban J connectivity index is 1.88. The molecule has 30 heavy (non-hydrogen) atoms. The van der Waals surface area contributed by atoms with Crippen LogP contribution < -0.4 is 0 Å². The van der Waals surface area contributed by atoms with Crippen molar-refractivity contribution in [1.29, 1.82) is 0 Å². The highest BCUT2D eigenvalue weighted by Gasteiger charge is 2.39. The summed E-state index contributed by atoms with van der Waals surface area (Å²) < 4.78 is 44.8. The van der Waals surface area contributed by atoms with Crippen molar-refractivity contribution in [3.8, 4) is 5.69 Å². The molecule has 0 radical (unpaired) electrons. The van der Waals surface area contributed by atoms with Crippen molar-refractivity contribution in [3.05, 3.63) is 51.6 Å². The summed E-state index contributed by atoms with van der Waals surface area (Å²) in [5, 5.41) is 0.342. The van der Waals surface area contributed by atoms with E-state index in [0.717, 1.165) is 48.3 Å². The number of fused-ring (bicyclic) bond motifs is 1. The Kier molecular flexibility index (Phi) is 5.39. The van der Waals surface area contributed by atoms with Gasteiger partial charge in [0.05, 0.1) is 11.4 Å². The van der Waals surface area contributed by atoms with Gasteiger partial charge in [0.1, 0.15) is 5.15 Å². The molecule has 0 amide bonds.